The summed E-state index contributed by atoms with van der Waals surface area (Å²) in [6, 6.07) is 16.3. The lowest BCUT2D eigenvalue weighted by Gasteiger charge is -2.27. The molecular formula is C24H20IN3O3. The summed E-state index contributed by atoms with van der Waals surface area (Å²) in [5, 5.41) is 2.29. The Morgan fingerprint density at radius 1 is 0.935 bits per heavy atom. The van der Waals surface area contributed by atoms with E-state index in [-0.39, 0.29) is 5.57 Å². The van der Waals surface area contributed by atoms with Gasteiger partial charge in [-0.15, -0.1) is 0 Å². The second kappa shape index (κ2) is 8.14. The number of anilines is 1. The third kappa shape index (κ3) is 3.81. The van der Waals surface area contributed by atoms with Crippen molar-refractivity contribution in [1.82, 2.24) is 9.88 Å². The van der Waals surface area contributed by atoms with Crippen molar-refractivity contribution in [2.45, 2.75) is 20.8 Å². The molecule has 0 saturated carbocycles. The molecule has 1 saturated heterocycles. The van der Waals surface area contributed by atoms with Gasteiger partial charge >= 0.3 is 6.03 Å². The monoisotopic (exact) mass is 525 g/mol. The molecule has 1 aliphatic heterocycles. The summed E-state index contributed by atoms with van der Waals surface area (Å²) in [7, 11) is 0. The predicted octanol–water partition coefficient (Wildman–Crippen LogP) is 4.67. The normalized spacial score (nSPS) is 15.5. The molecule has 156 valence electrons. The maximum Gasteiger partial charge on any atom is 0.335 e. The van der Waals surface area contributed by atoms with Gasteiger partial charge in [0.1, 0.15) is 5.57 Å². The average Bonchev–Trinajstić information content (AvgIpc) is 3.00. The Labute approximate surface area is 193 Å². The van der Waals surface area contributed by atoms with Crippen molar-refractivity contribution < 1.29 is 14.4 Å². The van der Waals surface area contributed by atoms with E-state index in [0.717, 1.165) is 36.7 Å². The number of hydrogen-bond acceptors (Lipinski definition) is 3. The number of amides is 4. The fourth-order valence-electron chi connectivity index (χ4n) is 3.77. The molecule has 0 unspecified atom stereocenters. The van der Waals surface area contributed by atoms with Crippen molar-refractivity contribution in [2.75, 3.05) is 4.90 Å². The number of carbonyl (C=O) groups is 3. The lowest BCUT2D eigenvalue weighted by Crippen LogP contribution is -2.54. The summed E-state index contributed by atoms with van der Waals surface area (Å²) in [5.41, 5.74) is 4.74. The summed E-state index contributed by atoms with van der Waals surface area (Å²) < 4.78 is 3.20. The molecular weight excluding hydrogens is 505 g/mol. The number of hydrogen-bond donors (Lipinski definition) is 1. The maximum atomic E-state index is 13.2. The predicted molar refractivity (Wildman–Crippen MR) is 128 cm³/mol. The molecule has 4 amide bonds. The Bertz CT molecular complexity index is 1260. The molecule has 2 aromatic carbocycles. The van der Waals surface area contributed by atoms with Crippen LogP contribution < -0.4 is 10.2 Å². The molecule has 1 fully saturated rings. The number of halogens is 1. The molecule has 0 bridgehead atoms. The summed E-state index contributed by atoms with van der Waals surface area (Å²) >= 11 is 2.26. The van der Waals surface area contributed by atoms with Gasteiger partial charge in [-0.1, -0.05) is 18.2 Å². The molecule has 31 heavy (non-hydrogen) atoms. The number of benzene rings is 2. The van der Waals surface area contributed by atoms with Gasteiger partial charge in [-0.3, -0.25) is 14.9 Å². The number of urea groups is 1. The van der Waals surface area contributed by atoms with E-state index in [1.54, 1.807) is 18.2 Å². The largest absolute Gasteiger partial charge is 0.335 e. The highest BCUT2D eigenvalue weighted by Crippen LogP contribution is 2.27. The minimum absolute atomic E-state index is 0.0780. The van der Waals surface area contributed by atoms with Gasteiger partial charge in [0.2, 0.25) is 0 Å². The van der Waals surface area contributed by atoms with Crippen LogP contribution in [0.15, 0.2) is 60.2 Å². The fraction of sp³-hybridized carbons (Fsp3) is 0.125. The zero-order chi connectivity index (χ0) is 22.3. The molecule has 1 aliphatic rings. The number of rotatable bonds is 3. The quantitative estimate of drug-likeness (QED) is 0.307. The molecule has 0 aliphatic carbocycles. The van der Waals surface area contributed by atoms with Gasteiger partial charge in [-0.05, 0) is 97.0 Å². The fourth-order valence-corrected chi connectivity index (χ4v) is 4.13. The summed E-state index contributed by atoms with van der Waals surface area (Å²) in [6.07, 6.45) is 1.56. The van der Waals surface area contributed by atoms with Crippen molar-refractivity contribution in [2.24, 2.45) is 0 Å². The summed E-state index contributed by atoms with van der Waals surface area (Å²) in [5.74, 6) is -1.33. The molecule has 3 aromatic rings. The van der Waals surface area contributed by atoms with Gasteiger partial charge in [-0.25, -0.2) is 9.69 Å². The smallest absolute Gasteiger partial charge is 0.318 e. The number of imide groups is 2. The van der Waals surface area contributed by atoms with Gasteiger partial charge in [0, 0.05) is 20.6 Å². The lowest BCUT2D eigenvalue weighted by atomic mass is 10.1. The lowest BCUT2D eigenvalue weighted by molar-refractivity contribution is -0.122. The topological polar surface area (TPSA) is 71.4 Å². The van der Waals surface area contributed by atoms with Crippen LogP contribution in [0.4, 0.5) is 10.5 Å². The zero-order valence-electron chi connectivity index (χ0n) is 17.3. The van der Waals surface area contributed by atoms with E-state index in [1.807, 2.05) is 63.2 Å². The highest BCUT2D eigenvalue weighted by atomic mass is 127. The maximum absolute atomic E-state index is 13.2. The third-order valence-corrected chi connectivity index (χ3v) is 6.03. The molecule has 1 aromatic heterocycles. The van der Waals surface area contributed by atoms with Gasteiger partial charge in [0.25, 0.3) is 11.8 Å². The van der Waals surface area contributed by atoms with Crippen LogP contribution in [0.1, 0.15) is 22.5 Å². The first-order valence-electron chi connectivity index (χ1n) is 9.70. The third-order valence-electron chi connectivity index (χ3n) is 5.31. The first-order valence-corrected chi connectivity index (χ1v) is 10.8. The number of barbiturate groups is 1. The highest BCUT2D eigenvalue weighted by molar-refractivity contribution is 14.1. The highest BCUT2D eigenvalue weighted by Gasteiger charge is 2.37. The molecule has 1 N–H and O–H groups in total. The number of para-hydroxylation sites is 1. The number of aryl methyl sites for hydroxylation is 2. The average molecular weight is 525 g/mol. The van der Waals surface area contributed by atoms with Crippen LogP contribution in [0.25, 0.3) is 11.8 Å². The Kier molecular flexibility index (Phi) is 5.53. The molecule has 0 radical (unpaired) electrons. The Morgan fingerprint density at radius 2 is 1.61 bits per heavy atom. The molecule has 4 rings (SSSR count). The molecule has 7 heteroatoms. The molecule has 0 atom stereocenters. The Morgan fingerprint density at radius 3 is 2.29 bits per heavy atom. The van der Waals surface area contributed by atoms with Crippen LogP contribution in [0.5, 0.6) is 0 Å². The first kappa shape index (κ1) is 21.0. The number of nitrogens with zero attached hydrogens (tertiary/aromatic N) is 2. The van der Waals surface area contributed by atoms with Crippen molar-refractivity contribution >= 4 is 52.2 Å². The van der Waals surface area contributed by atoms with E-state index in [0.29, 0.717) is 5.69 Å². The van der Waals surface area contributed by atoms with Crippen LogP contribution in [0, 0.1) is 24.3 Å². The second-order valence-electron chi connectivity index (χ2n) is 7.38. The minimum atomic E-state index is -0.745. The van der Waals surface area contributed by atoms with Gasteiger partial charge < -0.3 is 4.57 Å². The van der Waals surface area contributed by atoms with Crippen LogP contribution in [-0.4, -0.2) is 22.4 Å². The van der Waals surface area contributed by atoms with E-state index in [9.17, 15) is 14.4 Å². The Balaban J connectivity index is 1.77. The summed E-state index contributed by atoms with van der Waals surface area (Å²) in [4.78, 5) is 39.2. The van der Waals surface area contributed by atoms with E-state index < -0.39 is 17.8 Å². The van der Waals surface area contributed by atoms with Crippen LogP contribution in [0.3, 0.4) is 0 Å². The standard InChI is InChI=1S/C24H20IN3O3/c1-14-6-4-5-7-21(14)28-23(30)20(22(29)26-24(28)31)13-17-12-15(2)27(16(17)3)19-10-8-18(25)9-11-19/h4-13H,1-3H3,(H,26,29,31)/b20-13-. The van der Waals surface area contributed by atoms with Gasteiger partial charge in [0.15, 0.2) is 0 Å². The SMILES string of the molecule is Cc1ccccc1N1C(=O)NC(=O)/C(=C/c2cc(C)n(-c3ccc(I)cc3)c2C)C1=O. The van der Waals surface area contributed by atoms with Crippen molar-refractivity contribution in [3.8, 4) is 5.69 Å². The van der Waals surface area contributed by atoms with E-state index in [1.165, 1.54) is 0 Å². The molecule has 0 spiro atoms. The van der Waals surface area contributed by atoms with Crippen LogP contribution in [0.2, 0.25) is 0 Å². The Hall–Kier alpha value is -3.20. The van der Waals surface area contributed by atoms with Gasteiger partial charge in [-0.2, -0.15) is 0 Å². The van der Waals surface area contributed by atoms with E-state index in [2.05, 4.69) is 32.5 Å². The molecule has 2 heterocycles. The van der Waals surface area contributed by atoms with Gasteiger partial charge in [0.05, 0.1) is 5.69 Å². The first-order chi connectivity index (χ1) is 14.8. The van der Waals surface area contributed by atoms with E-state index >= 15 is 0 Å². The second-order valence-corrected chi connectivity index (χ2v) is 8.63. The van der Waals surface area contributed by atoms with Crippen molar-refractivity contribution in [1.29, 1.82) is 0 Å². The number of aromatic nitrogens is 1. The van der Waals surface area contributed by atoms with Crippen LogP contribution in [-0.2, 0) is 9.59 Å². The number of nitrogens with one attached hydrogen (secondary N) is 1. The van der Waals surface area contributed by atoms with Crippen LogP contribution >= 0.6 is 22.6 Å². The summed E-state index contributed by atoms with van der Waals surface area (Å²) in [6.45, 7) is 5.72. The number of carbonyl (C=O) groups excluding carboxylic acids is 3. The van der Waals surface area contributed by atoms with E-state index in [4.69, 9.17) is 0 Å². The minimum Gasteiger partial charge on any atom is -0.318 e. The van der Waals surface area contributed by atoms with Crippen molar-refractivity contribution in [3.05, 3.63) is 86.3 Å². The zero-order valence-corrected chi connectivity index (χ0v) is 19.4. The molecule has 6 nitrogen and oxygen atoms in total. The van der Waals surface area contributed by atoms with Crippen molar-refractivity contribution in [3.63, 3.8) is 0 Å².